The van der Waals surface area contributed by atoms with E-state index < -0.39 is 21.7 Å². The zero-order valence-corrected chi connectivity index (χ0v) is 15.7. The van der Waals surface area contributed by atoms with Gasteiger partial charge in [-0.25, -0.2) is 21.9 Å². The van der Waals surface area contributed by atoms with Gasteiger partial charge in [-0.15, -0.1) is 0 Å². The van der Waals surface area contributed by atoms with E-state index in [1.807, 2.05) is 14.1 Å². The molecule has 0 spiro atoms. The average Bonchev–Trinajstić information content (AvgIpc) is 3.08. The standard InChI is InChI=1S/C17H17F2NO2S.C2H7N/c18-13-7-10-16(17(19)11-13)12-5-8-15(9-6-12)23(21,22)20-14-3-1-2-4-14;1-3-2/h5-11,14,20H,1-4H2;3H,1-2H3. The summed E-state index contributed by atoms with van der Waals surface area (Å²) in [6.07, 6.45) is 3.79. The van der Waals surface area contributed by atoms with Gasteiger partial charge in [0.1, 0.15) is 11.6 Å². The Bertz CT molecular complexity index is 818. The van der Waals surface area contributed by atoms with Crippen LogP contribution in [0.15, 0.2) is 47.4 Å². The Morgan fingerprint density at radius 2 is 1.54 bits per heavy atom. The lowest BCUT2D eigenvalue weighted by Gasteiger charge is -2.13. The Hall–Kier alpha value is -1.83. The fourth-order valence-corrected chi connectivity index (χ4v) is 4.17. The zero-order chi connectivity index (χ0) is 19.2. The first-order chi connectivity index (χ1) is 12.4. The molecule has 0 atom stereocenters. The van der Waals surface area contributed by atoms with E-state index >= 15 is 0 Å². The molecule has 4 nitrogen and oxygen atoms in total. The monoisotopic (exact) mass is 382 g/mol. The molecule has 2 aromatic rings. The first-order valence-corrected chi connectivity index (χ1v) is 10.0. The van der Waals surface area contributed by atoms with Crippen LogP contribution in [-0.2, 0) is 10.0 Å². The van der Waals surface area contributed by atoms with Gasteiger partial charge < -0.3 is 5.32 Å². The molecule has 1 aliphatic rings. The Morgan fingerprint density at radius 3 is 2.08 bits per heavy atom. The molecule has 0 radical (unpaired) electrons. The number of hydrogen-bond acceptors (Lipinski definition) is 3. The van der Waals surface area contributed by atoms with Gasteiger partial charge >= 0.3 is 0 Å². The van der Waals surface area contributed by atoms with Crippen LogP contribution in [0, 0.1) is 11.6 Å². The molecule has 1 saturated carbocycles. The second-order valence-electron chi connectivity index (χ2n) is 6.25. The number of hydrogen-bond donors (Lipinski definition) is 2. The Kier molecular flexibility index (Phi) is 7.25. The first-order valence-electron chi connectivity index (χ1n) is 8.53. The van der Waals surface area contributed by atoms with Crippen molar-refractivity contribution in [3.8, 4) is 11.1 Å². The summed E-state index contributed by atoms with van der Waals surface area (Å²) in [5.74, 6) is -1.32. The normalized spacial score (nSPS) is 14.8. The molecule has 0 amide bonds. The van der Waals surface area contributed by atoms with Crippen LogP contribution in [0.25, 0.3) is 11.1 Å². The molecule has 0 bridgehead atoms. The van der Waals surface area contributed by atoms with E-state index in [-0.39, 0.29) is 16.5 Å². The summed E-state index contributed by atoms with van der Waals surface area (Å²) < 4.78 is 54.0. The molecule has 1 aliphatic carbocycles. The minimum Gasteiger partial charge on any atom is -0.323 e. The van der Waals surface area contributed by atoms with E-state index in [0.29, 0.717) is 5.56 Å². The first kappa shape index (κ1) is 20.5. The van der Waals surface area contributed by atoms with Crippen LogP contribution in [0.2, 0.25) is 0 Å². The summed E-state index contributed by atoms with van der Waals surface area (Å²) in [7, 11) is 0.187. The summed E-state index contributed by atoms with van der Waals surface area (Å²) in [6, 6.07) is 9.25. The van der Waals surface area contributed by atoms with E-state index in [9.17, 15) is 17.2 Å². The Morgan fingerprint density at radius 1 is 0.962 bits per heavy atom. The lowest BCUT2D eigenvalue weighted by molar-refractivity contribution is 0.552. The van der Waals surface area contributed by atoms with Crippen molar-refractivity contribution < 1.29 is 17.2 Å². The zero-order valence-electron chi connectivity index (χ0n) is 14.9. The maximum absolute atomic E-state index is 13.8. The van der Waals surface area contributed by atoms with Crippen LogP contribution in [-0.4, -0.2) is 28.6 Å². The van der Waals surface area contributed by atoms with Crippen molar-refractivity contribution in [2.75, 3.05) is 14.1 Å². The highest BCUT2D eigenvalue weighted by Gasteiger charge is 2.22. The predicted molar refractivity (Wildman–Crippen MR) is 99.4 cm³/mol. The van der Waals surface area contributed by atoms with Gasteiger partial charge in [0, 0.05) is 17.7 Å². The van der Waals surface area contributed by atoms with Gasteiger partial charge in [0.15, 0.2) is 0 Å². The van der Waals surface area contributed by atoms with Gasteiger partial charge in [0.05, 0.1) is 4.90 Å². The van der Waals surface area contributed by atoms with E-state index in [2.05, 4.69) is 10.0 Å². The lowest BCUT2D eigenvalue weighted by atomic mass is 10.1. The largest absolute Gasteiger partial charge is 0.323 e. The van der Waals surface area contributed by atoms with Crippen LogP contribution >= 0.6 is 0 Å². The molecule has 2 N–H and O–H groups in total. The third-order valence-corrected chi connectivity index (χ3v) is 5.62. The molecule has 2 aromatic carbocycles. The van der Waals surface area contributed by atoms with Crippen molar-refractivity contribution in [2.24, 2.45) is 0 Å². The predicted octanol–water partition coefficient (Wildman–Crippen LogP) is 3.69. The van der Waals surface area contributed by atoms with Crippen molar-refractivity contribution in [1.29, 1.82) is 0 Å². The van der Waals surface area contributed by atoms with Crippen molar-refractivity contribution in [2.45, 2.75) is 36.6 Å². The summed E-state index contributed by atoms with van der Waals surface area (Å²) in [5, 5.41) is 2.75. The fraction of sp³-hybridized carbons (Fsp3) is 0.368. The van der Waals surface area contributed by atoms with E-state index in [1.165, 1.54) is 36.4 Å². The molecule has 0 aliphatic heterocycles. The molecule has 1 fully saturated rings. The van der Waals surface area contributed by atoms with Gasteiger partial charge in [-0.2, -0.15) is 0 Å². The van der Waals surface area contributed by atoms with E-state index in [4.69, 9.17) is 0 Å². The fourth-order valence-electron chi connectivity index (χ4n) is 2.87. The minimum atomic E-state index is -3.56. The van der Waals surface area contributed by atoms with Gasteiger partial charge in [-0.3, -0.25) is 0 Å². The van der Waals surface area contributed by atoms with Crippen molar-refractivity contribution >= 4 is 10.0 Å². The number of sulfonamides is 1. The molecule has 142 valence electrons. The minimum absolute atomic E-state index is 0.00535. The van der Waals surface area contributed by atoms with Crippen LogP contribution in [0.3, 0.4) is 0 Å². The van der Waals surface area contributed by atoms with Gasteiger partial charge in [0.25, 0.3) is 0 Å². The molecular formula is C19H24F2N2O2S. The molecular weight excluding hydrogens is 358 g/mol. The Labute approximate surface area is 153 Å². The highest BCUT2D eigenvalue weighted by Crippen LogP contribution is 2.25. The Balaban J connectivity index is 0.000000758. The lowest BCUT2D eigenvalue weighted by Crippen LogP contribution is -2.32. The summed E-state index contributed by atoms with van der Waals surface area (Å²) in [4.78, 5) is 0.149. The number of halogens is 2. The smallest absolute Gasteiger partial charge is 0.240 e. The second kappa shape index (κ2) is 9.21. The number of benzene rings is 2. The van der Waals surface area contributed by atoms with Crippen LogP contribution in [0.4, 0.5) is 8.78 Å². The molecule has 7 heteroatoms. The molecule has 0 heterocycles. The maximum Gasteiger partial charge on any atom is 0.240 e. The molecule has 26 heavy (non-hydrogen) atoms. The summed E-state index contributed by atoms with van der Waals surface area (Å²) >= 11 is 0. The second-order valence-corrected chi connectivity index (χ2v) is 7.97. The van der Waals surface area contributed by atoms with Gasteiger partial charge in [-0.05, 0) is 56.8 Å². The third-order valence-electron chi connectivity index (χ3n) is 4.08. The highest BCUT2D eigenvalue weighted by molar-refractivity contribution is 7.89. The maximum atomic E-state index is 13.8. The third kappa shape index (κ3) is 5.33. The number of rotatable bonds is 4. The topological polar surface area (TPSA) is 58.2 Å². The van der Waals surface area contributed by atoms with Crippen molar-refractivity contribution in [1.82, 2.24) is 10.0 Å². The van der Waals surface area contributed by atoms with Gasteiger partial charge in [0.2, 0.25) is 10.0 Å². The summed E-state index contributed by atoms with van der Waals surface area (Å²) in [5.41, 5.74) is 0.737. The van der Waals surface area contributed by atoms with Crippen molar-refractivity contribution in [3.05, 3.63) is 54.1 Å². The van der Waals surface area contributed by atoms with E-state index in [1.54, 1.807) is 0 Å². The SMILES string of the molecule is CNC.O=S(=O)(NC1CCCC1)c1ccc(-c2ccc(F)cc2F)cc1. The van der Waals surface area contributed by atoms with Crippen LogP contribution in [0.1, 0.15) is 25.7 Å². The highest BCUT2D eigenvalue weighted by atomic mass is 32.2. The van der Waals surface area contributed by atoms with Crippen LogP contribution < -0.4 is 10.0 Å². The van der Waals surface area contributed by atoms with E-state index in [0.717, 1.165) is 31.7 Å². The average molecular weight is 382 g/mol. The van der Waals surface area contributed by atoms with Crippen molar-refractivity contribution in [3.63, 3.8) is 0 Å². The quantitative estimate of drug-likeness (QED) is 0.848. The van der Waals surface area contributed by atoms with Gasteiger partial charge in [-0.1, -0.05) is 25.0 Å². The summed E-state index contributed by atoms with van der Waals surface area (Å²) in [6.45, 7) is 0. The molecule has 0 saturated heterocycles. The molecule has 3 rings (SSSR count). The van der Waals surface area contributed by atoms with Crippen LogP contribution in [0.5, 0.6) is 0 Å². The molecule has 0 aromatic heterocycles. The number of nitrogens with one attached hydrogen (secondary N) is 2. The molecule has 0 unspecified atom stereocenters.